The average molecular weight is 345 g/mol. The van der Waals surface area contributed by atoms with Crippen LogP contribution in [0.1, 0.15) is 41.2 Å². The fraction of sp³-hybridized carbons (Fsp3) is 0.235. The zero-order chi connectivity index (χ0) is 15.6. The zero-order valence-electron chi connectivity index (χ0n) is 12.6. The number of carbonyl (C=O) groups is 1. The van der Waals surface area contributed by atoms with E-state index in [1.54, 1.807) is 6.07 Å². The minimum atomic E-state index is -0.0411. The smallest absolute Gasteiger partial charge is 0.178 e. The van der Waals surface area contributed by atoms with Gasteiger partial charge in [0.15, 0.2) is 5.78 Å². The number of Topliss-reactive ketones (excluding diaryl/α,β-unsaturated/α-hetero) is 1. The molecule has 1 heterocycles. The molecule has 1 aromatic carbocycles. The van der Waals surface area contributed by atoms with E-state index in [2.05, 4.69) is 20.9 Å². The Bertz CT molecular complexity index is 712. The average Bonchev–Trinajstić information content (AvgIpc) is 2.42. The van der Waals surface area contributed by atoms with Gasteiger partial charge < -0.3 is 0 Å². The summed E-state index contributed by atoms with van der Waals surface area (Å²) in [7, 11) is 0. The van der Waals surface area contributed by atoms with Gasteiger partial charge in [0.25, 0.3) is 0 Å². The molecular weight excluding hydrogens is 328 g/mol. The van der Waals surface area contributed by atoms with E-state index in [1.807, 2.05) is 45.0 Å². The molecule has 2 aromatic rings. The number of rotatable bonds is 3. The lowest BCUT2D eigenvalue weighted by atomic mass is 10.1. The van der Waals surface area contributed by atoms with Crippen molar-refractivity contribution in [2.24, 2.45) is 4.99 Å². The molecule has 0 amide bonds. The van der Waals surface area contributed by atoms with Crippen LogP contribution in [0.2, 0.25) is 0 Å². The number of aliphatic imine (C=N–C) groups is 1. The van der Waals surface area contributed by atoms with E-state index in [-0.39, 0.29) is 5.78 Å². The number of hydrogen-bond acceptors (Lipinski definition) is 3. The van der Waals surface area contributed by atoms with Crippen molar-refractivity contribution in [3.05, 3.63) is 57.3 Å². The van der Waals surface area contributed by atoms with Gasteiger partial charge in [-0.3, -0.25) is 9.79 Å². The SMILES string of the molecule is CC(=O)c1cccc(/C(C)=N/c2c(C)cc(Br)cc2C)n1. The van der Waals surface area contributed by atoms with Crippen LogP contribution in [0.4, 0.5) is 5.69 Å². The van der Waals surface area contributed by atoms with Gasteiger partial charge >= 0.3 is 0 Å². The van der Waals surface area contributed by atoms with Gasteiger partial charge in [-0.1, -0.05) is 22.0 Å². The van der Waals surface area contributed by atoms with Crippen molar-refractivity contribution < 1.29 is 4.79 Å². The molecule has 0 aliphatic carbocycles. The summed E-state index contributed by atoms with van der Waals surface area (Å²) in [6.45, 7) is 7.49. The number of hydrogen-bond donors (Lipinski definition) is 0. The number of pyridine rings is 1. The highest BCUT2D eigenvalue weighted by molar-refractivity contribution is 9.10. The number of benzene rings is 1. The van der Waals surface area contributed by atoms with Crippen molar-refractivity contribution in [2.45, 2.75) is 27.7 Å². The van der Waals surface area contributed by atoms with Crippen molar-refractivity contribution in [2.75, 3.05) is 0 Å². The van der Waals surface area contributed by atoms with Crippen molar-refractivity contribution in [1.82, 2.24) is 4.98 Å². The third kappa shape index (κ3) is 3.64. The van der Waals surface area contributed by atoms with Crippen molar-refractivity contribution >= 4 is 33.1 Å². The van der Waals surface area contributed by atoms with Gasteiger partial charge in [-0.05, 0) is 56.2 Å². The van der Waals surface area contributed by atoms with Gasteiger partial charge in [0.2, 0.25) is 0 Å². The Morgan fingerprint density at radius 1 is 1.10 bits per heavy atom. The molecule has 0 fully saturated rings. The van der Waals surface area contributed by atoms with Crippen molar-refractivity contribution in [1.29, 1.82) is 0 Å². The van der Waals surface area contributed by atoms with Crippen LogP contribution in [-0.4, -0.2) is 16.5 Å². The van der Waals surface area contributed by atoms with E-state index >= 15 is 0 Å². The lowest BCUT2D eigenvalue weighted by Crippen LogP contribution is -2.04. The highest BCUT2D eigenvalue weighted by Gasteiger charge is 2.07. The molecule has 0 saturated carbocycles. The first-order chi connectivity index (χ1) is 9.88. The second kappa shape index (κ2) is 6.31. The summed E-state index contributed by atoms with van der Waals surface area (Å²) in [6, 6.07) is 9.50. The maximum atomic E-state index is 11.4. The van der Waals surface area contributed by atoms with E-state index in [0.717, 1.165) is 32.7 Å². The molecular formula is C17H17BrN2O. The number of carbonyl (C=O) groups excluding carboxylic acids is 1. The summed E-state index contributed by atoms with van der Waals surface area (Å²) in [5.74, 6) is -0.0411. The maximum absolute atomic E-state index is 11.4. The van der Waals surface area contributed by atoms with Gasteiger partial charge in [-0.25, -0.2) is 4.98 Å². The molecule has 4 heteroatoms. The number of nitrogens with zero attached hydrogens (tertiary/aromatic N) is 2. The van der Waals surface area contributed by atoms with Crippen LogP contribution >= 0.6 is 15.9 Å². The maximum Gasteiger partial charge on any atom is 0.178 e. The molecule has 0 aliphatic heterocycles. The Kier molecular flexibility index (Phi) is 4.68. The quantitative estimate of drug-likeness (QED) is 0.592. The zero-order valence-corrected chi connectivity index (χ0v) is 14.2. The normalized spacial score (nSPS) is 11.6. The summed E-state index contributed by atoms with van der Waals surface area (Å²) in [5.41, 5.74) is 5.14. The molecule has 0 aliphatic rings. The number of halogens is 1. The first-order valence-electron chi connectivity index (χ1n) is 6.69. The molecule has 2 rings (SSSR count). The molecule has 0 saturated heterocycles. The van der Waals surface area contributed by atoms with Crippen LogP contribution in [0.25, 0.3) is 0 Å². The second-order valence-electron chi connectivity index (χ2n) is 5.05. The summed E-state index contributed by atoms with van der Waals surface area (Å²) >= 11 is 3.49. The first-order valence-corrected chi connectivity index (χ1v) is 7.48. The molecule has 108 valence electrons. The van der Waals surface area contributed by atoms with Gasteiger partial charge in [-0.2, -0.15) is 0 Å². The monoisotopic (exact) mass is 344 g/mol. The summed E-state index contributed by atoms with van der Waals surface area (Å²) in [6.07, 6.45) is 0. The number of aromatic nitrogens is 1. The Labute approximate surface area is 133 Å². The topological polar surface area (TPSA) is 42.3 Å². The molecule has 0 bridgehead atoms. The Morgan fingerprint density at radius 3 is 2.24 bits per heavy atom. The van der Waals surface area contributed by atoms with Crippen LogP contribution in [0.5, 0.6) is 0 Å². The third-order valence-electron chi connectivity index (χ3n) is 3.22. The largest absolute Gasteiger partial charge is 0.293 e. The Hall–Kier alpha value is -1.81. The van der Waals surface area contributed by atoms with Crippen molar-refractivity contribution in [3.63, 3.8) is 0 Å². The van der Waals surface area contributed by atoms with Crippen LogP contribution in [0.3, 0.4) is 0 Å². The summed E-state index contributed by atoms with van der Waals surface area (Å²) in [5, 5.41) is 0. The van der Waals surface area contributed by atoms with Gasteiger partial charge in [-0.15, -0.1) is 0 Å². The standard InChI is InChI=1S/C17H17BrN2O/c1-10-8-14(18)9-11(2)17(10)19-12(3)15-6-5-7-16(20-15)13(4)21/h5-9H,1-4H3/b19-12+. The fourth-order valence-electron chi connectivity index (χ4n) is 2.14. The molecule has 21 heavy (non-hydrogen) atoms. The van der Waals surface area contributed by atoms with Crippen LogP contribution in [-0.2, 0) is 0 Å². The summed E-state index contributed by atoms with van der Waals surface area (Å²) in [4.78, 5) is 20.5. The van der Waals surface area contributed by atoms with E-state index in [9.17, 15) is 4.79 Å². The molecule has 0 spiro atoms. The van der Waals surface area contributed by atoms with Gasteiger partial charge in [0.05, 0.1) is 17.1 Å². The molecule has 0 atom stereocenters. The predicted octanol–water partition coefficient (Wildman–Crippen LogP) is 4.80. The first kappa shape index (κ1) is 15.6. The van der Waals surface area contributed by atoms with Crippen LogP contribution in [0.15, 0.2) is 39.8 Å². The predicted molar refractivity (Wildman–Crippen MR) is 89.7 cm³/mol. The number of aryl methyl sites for hydroxylation is 2. The van der Waals surface area contributed by atoms with Gasteiger partial charge in [0.1, 0.15) is 5.69 Å². The fourth-order valence-corrected chi connectivity index (χ4v) is 2.82. The Morgan fingerprint density at radius 2 is 1.67 bits per heavy atom. The molecule has 0 unspecified atom stereocenters. The second-order valence-corrected chi connectivity index (χ2v) is 5.97. The van der Waals surface area contributed by atoms with Gasteiger partial charge in [0, 0.05) is 11.4 Å². The third-order valence-corrected chi connectivity index (χ3v) is 3.67. The summed E-state index contributed by atoms with van der Waals surface area (Å²) < 4.78 is 1.05. The molecule has 0 N–H and O–H groups in total. The molecule has 0 radical (unpaired) electrons. The van der Waals surface area contributed by atoms with Crippen LogP contribution < -0.4 is 0 Å². The lowest BCUT2D eigenvalue weighted by Gasteiger charge is -2.08. The Balaban J connectivity index is 2.47. The lowest BCUT2D eigenvalue weighted by molar-refractivity contribution is 0.101. The molecule has 1 aromatic heterocycles. The van der Waals surface area contributed by atoms with E-state index < -0.39 is 0 Å². The van der Waals surface area contributed by atoms with Crippen LogP contribution in [0, 0.1) is 13.8 Å². The number of ketones is 1. The molecule has 3 nitrogen and oxygen atoms in total. The van der Waals surface area contributed by atoms with Crippen molar-refractivity contribution in [3.8, 4) is 0 Å². The minimum Gasteiger partial charge on any atom is -0.293 e. The minimum absolute atomic E-state index is 0.0411. The highest BCUT2D eigenvalue weighted by Crippen LogP contribution is 2.28. The van der Waals surface area contributed by atoms with E-state index in [4.69, 9.17) is 4.99 Å². The highest BCUT2D eigenvalue weighted by atomic mass is 79.9. The van der Waals surface area contributed by atoms with E-state index in [1.165, 1.54) is 6.92 Å². The van der Waals surface area contributed by atoms with E-state index in [0.29, 0.717) is 5.69 Å².